The van der Waals surface area contributed by atoms with Crippen molar-refractivity contribution in [2.45, 2.75) is 25.3 Å². The smallest absolute Gasteiger partial charge is 0.318 e. The number of benzene rings is 1. The summed E-state index contributed by atoms with van der Waals surface area (Å²) in [6.45, 7) is 0.744. The molecule has 1 saturated carbocycles. The molecule has 104 valence electrons. The first kappa shape index (κ1) is 13.7. The summed E-state index contributed by atoms with van der Waals surface area (Å²) in [5.41, 5.74) is 7.64. The average Bonchev–Trinajstić information content (AvgIpc) is 2.88. The van der Waals surface area contributed by atoms with Gasteiger partial charge in [-0.25, -0.2) is 4.79 Å². The summed E-state index contributed by atoms with van der Waals surface area (Å²) in [6.07, 6.45) is 3.64. The fraction of sp³-hybridized carbons (Fsp3) is 0.500. The van der Waals surface area contributed by atoms with E-state index < -0.39 is 0 Å². The standard InChI is InChI=1S/C14H22N4O/c1-16-14(19)18-12-7-5-11(6-8-12)17-13-4-2-3-10(13)9-15/h5-8,10,13,17H,2-4,9,15H2,1H3,(H2,16,18,19). The van der Waals surface area contributed by atoms with Gasteiger partial charge in [0.25, 0.3) is 0 Å². The van der Waals surface area contributed by atoms with Crippen molar-refractivity contribution in [1.82, 2.24) is 5.32 Å². The molecule has 1 aliphatic rings. The number of carbonyl (C=O) groups excluding carboxylic acids is 1. The van der Waals surface area contributed by atoms with Gasteiger partial charge in [0.2, 0.25) is 0 Å². The van der Waals surface area contributed by atoms with Crippen LogP contribution in [0.15, 0.2) is 24.3 Å². The maximum atomic E-state index is 11.2. The van der Waals surface area contributed by atoms with Gasteiger partial charge in [-0.2, -0.15) is 0 Å². The highest BCUT2D eigenvalue weighted by Gasteiger charge is 2.25. The van der Waals surface area contributed by atoms with Gasteiger partial charge in [0, 0.05) is 24.5 Å². The number of rotatable bonds is 4. The molecular weight excluding hydrogens is 240 g/mol. The average molecular weight is 262 g/mol. The van der Waals surface area contributed by atoms with E-state index in [9.17, 15) is 4.79 Å². The molecule has 0 aromatic heterocycles. The molecule has 0 spiro atoms. The Balaban J connectivity index is 1.93. The Hall–Kier alpha value is -1.75. The zero-order valence-electron chi connectivity index (χ0n) is 11.3. The molecule has 2 amide bonds. The lowest BCUT2D eigenvalue weighted by Crippen LogP contribution is -2.29. The van der Waals surface area contributed by atoms with Crippen LogP contribution in [0.3, 0.4) is 0 Å². The first-order valence-electron chi connectivity index (χ1n) is 6.78. The van der Waals surface area contributed by atoms with Crippen LogP contribution in [-0.2, 0) is 0 Å². The Labute approximate surface area is 113 Å². The van der Waals surface area contributed by atoms with Crippen molar-refractivity contribution in [2.75, 3.05) is 24.2 Å². The van der Waals surface area contributed by atoms with Crippen LogP contribution in [0.4, 0.5) is 16.2 Å². The van der Waals surface area contributed by atoms with E-state index in [-0.39, 0.29) is 6.03 Å². The van der Waals surface area contributed by atoms with E-state index in [1.807, 2.05) is 24.3 Å². The number of hydrogen-bond donors (Lipinski definition) is 4. The molecule has 0 bridgehead atoms. The van der Waals surface area contributed by atoms with Gasteiger partial charge in [0.05, 0.1) is 0 Å². The first-order chi connectivity index (χ1) is 9.22. The number of anilines is 2. The van der Waals surface area contributed by atoms with Crippen LogP contribution in [0.25, 0.3) is 0 Å². The monoisotopic (exact) mass is 262 g/mol. The Morgan fingerprint density at radius 1 is 1.26 bits per heavy atom. The highest BCUT2D eigenvalue weighted by molar-refractivity contribution is 5.89. The highest BCUT2D eigenvalue weighted by atomic mass is 16.2. The Bertz CT molecular complexity index is 418. The lowest BCUT2D eigenvalue weighted by atomic mass is 10.0. The summed E-state index contributed by atoms with van der Waals surface area (Å²) in [6, 6.07) is 8.02. The van der Waals surface area contributed by atoms with Crippen LogP contribution in [0.1, 0.15) is 19.3 Å². The van der Waals surface area contributed by atoms with Gasteiger partial charge in [0.1, 0.15) is 0 Å². The molecule has 1 aliphatic carbocycles. The van der Waals surface area contributed by atoms with Gasteiger partial charge in [-0.3, -0.25) is 0 Å². The second-order valence-corrected chi connectivity index (χ2v) is 4.96. The van der Waals surface area contributed by atoms with Crippen LogP contribution in [0.5, 0.6) is 0 Å². The van der Waals surface area contributed by atoms with Gasteiger partial charge in [-0.1, -0.05) is 6.42 Å². The minimum Gasteiger partial charge on any atom is -0.382 e. The van der Waals surface area contributed by atoms with Gasteiger partial charge in [-0.15, -0.1) is 0 Å². The lowest BCUT2D eigenvalue weighted by Gasteiger charge is -2.20. The quantitative estimate of drug-likeness (QED) is 0.670. The molecule has 2 unspecified atom stereocenters. The summed E-state index contributed by atoms with van der Waals surface area (Å²) < 4.78 is 0. The van der Waals surface area contributed by atoms with Crippen molar-refractivity contribution in [1.29, 1.82) is 0 Å². The molecule has 0 saturated heterocycles. The van der Waals surface area contributed by atoms with Gasteiger partial charge in [-0.05, 0) is 49.6 Å². The Morgan fingerprint density at radius 2 is 1.95 bits per heavy atom. The Morgan fingerprint density at radius 3 is 2.58 bits per heavy atom. The number of hydrogen-bond acceptors (Lipinski definition) is 3. The molecule has 5 N–H and O–H groups in total. The van der Waals surface area contributed by atoms with E-state index in [0.29, 0.717) is 12.0 Å². The Kier molecular flexibility index (Phi) is 4.63. The third-order valence-corrected chi connectivity index (χ3v) is 3.68. The van der Waals surface area contributed by atoms with Gasteiger partial charge in [0.15, 0.2) is 0 Å². The van der Waals surface area contributed by atoms with Gasteiger partial charge < -0.3 is 21.7 Å². The van der Waals surface area contributed by atoms with Crippen molar-refractivity contribution >= 4 is 17.4 Å². The second-order valence-electron chi connectivity index (χ2n) is 4.96. The highest BCUT2D eigenvalue weighted by Crippen LogP contribution is 2.28. The van der Waals surface area contributed by atoms with Crippen molar-refractivity contribution in [3.05, 3.63) is 24.3 Å². The molecule has 19 heavy (non-hydrogen) atoms. The van der Waals surface area contributed by atoms with Crippen molar-refractivity contribution in [3.63, 3.8) is 0 Å². The van der Waals surface area contributed by atoms with Crippen molar-refractivity contribution < 1.29 is 4.79 Å². The normalized spacial score (nSPS) is 22.0. The zero-order chi connectivity index (χ0) is 13.7. The SMILES string of the molecule is CNC(=O)Nc1ccc(NC2CCCC2CN)cc1. The number of urea groups is 1. The zero-order valence-corrected chi connectivity index (χ0v) is 11.3. The predicted molar refractivity (Wildman–Crippen MR) is 78.3 cm³/mol. The largest absolute Gasteiger partial charge is 0.382 e. The number of nitrogens with one attached hydrogen (secondary N) is 3. The van der Waals surface area contributed by atoms with Crippen LogP contribution in [0, 0.1) is 5.92 Å². The number of amides is 2. The molecule has 2 rings (SSSR count). The van der Waals surface area contributed by atoms with Crippen LogP contribution >= 0.6 is 0 Å². The molecule has 0 radical (unpaired) electrons. The van der Waals surface area contributed by atoms with Crippen LogP contribution in [-0.4, -0.2) is 25.7 Å². The first-order valence-corrected chi connectivity index (χ1v) is 6.78. The maximum absolute atomic E-state index is 11.2. The molecule has 5 nitrogen and oxygen atoms in total. The lowest BCUT2D eigenvalue weighted by molar-refractivity contribution is 0.254. The third kappa shape index (κ3) is 3.61. The van der Waals surface area contributed by atoms with Crippen molar-refractivity contribution in [2.24, 2.45) is 11.7 Å². The van der Waals surface area contributed by atoms with E-state index in [2.05, 4.69) is 16.0 Å². The van der Waals surface area contributed by atoms with E-state index in [0.717, 1.165) is 17.9 Å². The van der Waals surface area contributed by atoms with Crippen LogP contribution in [0.2, 0.25) is 0 Å². The summed E-state index contributed by atoms with van der Waals surface area (Å²) >= 11 is 0. The molecular formula is C14H22N4O. The van der Waals surface area contributed by atoms with E-state index in [1.165, 1.54) is 19.3 Å². The summed E-state index contributed by atoms with van der Waals surface area (Å²) in [5.74, 6) is 0.573. The molecule has 5 heteroatoms. The fourth-order valence-electron chi connectivity index (χ4n) is 2.57. The maximum Gasteiger partial charge on any atom is 0.318 e. The van der Waals surface area contributed by atoms with Gasteiger partial charge >= 0.3 is 6.03 Å². The topological polar surface area (TPSA) is 79.2 Å². The second kappa shape index (κ2) is 6.43. The summed E-state index contributed by atoms with van der Waals surface area (Å²) in [4.78, 5) is 11.2. The fourth-order valence-corrected chi connectivity index (χ4v) is 2.57. The molecule has 1 fully saturated rings. The molecule has 0 heterocycles. The molecule has 1 aromatic rings. The van der Waals surface area contributed by atoms with E-state index in [4.69, 9.17) is 5.73 Å². The minimum atomic E-state index is -0.209. The molecule has 2 atom stereocenters. The minimum absolute atomic E-state index is 0.209. The summed E-state index contributed by atoms with van der Waals surface area (Å²) in [5, 5.41) is 8.78. The van der Waals surface area contributed by atoms with Crippen molar-refractivity contribution in [3.8, 4) is 0 Å². The number of nitrogens with two attached hydrogens (primary N) is 1. The summed E-state index contributed by atoms with van der Waals surface area (Å²) in [7, 11) is 1.60. The van der Waals surface area contributed by atoms with E-state index in [1.54, 1.807) is 7.05 Å². The molecule has 0 aliphatic heterocycles. The third-order valence-electron chi connectivity index (χ3n) is 3.68. The predicted octanol–water partition coefficient (Wildman–Crippen LogP) is 1.98. The molecule has 1 aromatic carbocycles. The van der Waals surface area contributed by atoms with Crippen LogP contribution < -0.4 is 21.7 Å². The van der Waals surface area contributed by atoms with E-state index >= 15 is 0 Å². The number of carbonyl (C=O) groups is 1.